The average Bonchev–Trinajstić information content (AvgIpc) is 2.60. The van der Waals surface area contributed by atoms with Gasteiger partial charge in [0.15, 0.2) is 6.61 Å². The number of likely N-dealkylation sites (N-methyl/N-ethyl adjacent to an activating group) is 1. The summed E-state index contributed by atoms with van der Waals surface area (Å²) in [6.45, 7) is 5.56. The van der Waals surface area contributed by atoms with Crippen molar-refractivity contribution in [1.82, 2.24) is 4.90 Å². The van der Waals surface area contributed by atoms with Gasteiger partial charge in [0.25, 0.3) is 0 Å². The van der Waals surface area contributed by atoms with Gasteiger partial charge < -0.3 is 19.1 Å². The molecule has 0 saturated heterocycles. The maximum absolute atomic E-state index is 11.2. The second-order valence-electron chi connectivity index (χ2n) is 6.47. The van der Waals surface area contributed by atoms with E-state index in [1.165, 1.54) is 7.11 Å². The van der Waals surface area contributed by atoms with Crippen molar-refractivity contribution in [2.75, 3.05) is 41.0 Å². The van der Waals surface area contributed by atoms with Crippen LogP contribution in [0, 0.1) is 13.8 Å². The van der Waals surface area contributed by atoms with Gasteiger partial charge in [0, 0.05) is 6.54 Å². The summed E-state index contributed by atoms with van der Waals surface area (Å²) in [4.78, 5) is 13.3. The molecule has 26 heavy (non-hydrogen) atoms. The molecule has 2 rings (SSSR count). The molecule has 5 nitrogen and oxygen atoms in total. The molecule has 0 unspecified atom stereocenters. The molecule has 0 atom stereocenters. The number of benzene rings is 2. The zero-order chi connectivity index (χ0) is 19.1. The molecule has 0 fully saturated rings. The molecular formula is C21H27NO4. The van der Waals surface area contributed by atoms with E-state index < -0.39 is 5.97 Å². The molecule has 0 aliphatic carbocycles. The van der Waals surface area contributed by atoms with Crippen LogP contribution in [0.5, 0.6) is 11.5 Å². The van der Waals surface area contributed by atoms with Crippen molar-refractivity contribution >= 4 is 5.97 Å². The molecule has 0 amide bonds. The first-order chi connectivity index (χ1) is 12.4. The predicted octanol–water partition coefficient (Wildman–Crippen LogP) is 3.46. The number of aryl methyl sites for hydroxylation is 2. The Balaban J connectivity index is 2.11. The van der Waals surface area contributed by atoms with Crippen molar-refractivity contribution in [2.24, 2.45) is 0 Å². The molecule has 0 aliphatic rings. The van der Waals surface area contributed by atoms with E-state index in [1.54, 1.807) is 0 Å². The predicted molar refractivity (Wildman–Crippen MR) is 103 cm³/mol. The third kappa shape index (κ3) is 5.49. The third-order valence-electron chi connectivity index (χ3n) is 4.08. The van der Waals surface area contributed by atoms with Crippen LogP contribution in [0.2, 0.25) is 0 Å². The molecule has 0 saturated carbocycles. The number of carbonyl (C=O) groups is 1. The first kappa shape index (κ1) is 19.8. The molecule has 5 heteroatoms. The Hall–Kier alpha value is -2.53. The lowest BCUT2D eigenvalue weighted by Crippen LogP contribution is -2.19. The summed E-state index contributed by atoms with van der Waals surface area (Å²) >= 11 is 0. The SMILES string of the molecule is COC(=O)COc1ccc(-c2ccc(OCCN(C)C)cc2C)c(C)c1. The van der Waals surface area contributed by atoms with Crippen molar-refractivity contribution in [3.05, 3.63) is 47.5 Å². The lowest BCUT2D eigenvalue weighted by atomic mass is 9.96. The summed E-state index contributed by atoms with van der Waals surface area (Å²) in [5.41, 5.74) is 4.52. The molecule has 2 aromatic carbocycles. The van der Waals surface area contributed by atoms with E-state index in [4.69, 9.17) is 9.47 Å². The van der Waals surface area contributed by atoms with E-state index >= 15 is 0 Å². The van der Waals surface area contributed by atoms with Crippen LogP contribution in [0.15, 0.2) is 36.4 Å². The zero-order valence-electron chi connectivity index (χ0n) is 16.2. The van der Waals surface area contributed by atoms with Crippen LogP contribution >= 0.6 is 0 Å². The standard InChI is InChI=1S/C21H27NO4/c1-15-12-17(25-11-10-22(3)4)6-8-19(15)20-9-7-18(13-16(20)2)26-14-21(23)24-5/h6-9,12-13H,10-11,14H2,1-5H3. The fraction of sp³-hybridized carbons (Fsp3) is 0.381. The van der Waals surface area contributed by atoms with Gasteiger partial charge in [-0.3, -0.25) is 0 Å². The molecule has 2 aromatic rings. The van der Waals surface area contributed by atoms with Gasteiger partial charge in [-0.2, -0.15) is 0 Å². The highest BCUT2D eigenvalue weighted by molar-refractivity contribution is 5.73. The van der Waals surface area contributed by atoms with E-state index in [2.05, 4.69) is 28.7 Å². The van der Waals surface area contributed by atoms with Crippen molar-refractivity contribution in [3.63, 3.8) is 0 Å². The Labute approximate surface area is 155 Å². The maximum Gasteiger partial charge on any atom is 0.343 e. The lowest BCUT2D eigenvalue weighted by Gasteiger charge is -2.14. The Morgan fingerprint density at radius 3 is 1.92 bits per heavy atom. The first-order valence-corrected chi connectivity index (χ1v) is 8.59. The Morgan fingerprint density at radius 1 is 0.923 bits per heavy atom. The minimum absolute atomic E-state index is 0.0900. The van der Waals surface area contributed by atoms with Gasteiger partial charge in [-0.05, 0) is 74.5 Å². The summed E-state index contributed by atoms with van der Waals surface area (Å²) < 4.78 is 15.8. The van der Waals surface area contributed by atoms with E-state index in [9.17, 15) is 4.79 Å². The van der Waals surface area contributed by atoms with Crippen LogP contribution in [0.1, 0.15) is 11.1 Å². The van der Waals surface area contributed by atoms with Crippen molar-refractivity contribution in [3.8, 4) is 22.6 Å². The fourth-order valence-electron chi connectivity index (χ4n) is 2.60. The average molecular weight is 357 g/mol. The van der Waals surface area contributed by atoms with E-state index in [0.717, 1.165) is 34.5 Å². The van der Waals surface area contributed by atoms with Crippen LogP contribution in [0.4, 0.5) is 0 Å². The maximum atomic E-state index is 11.2. The van der Waals surface area contributed by atoms with Crippen molar-refractivity contribution < 1.29 is 19.0 Å². The molecule has 0 radical (unpaired) electrons. The monoisotopic (exact) mass is 357 g/mol. The highest BCUT2D eigenvalue weighted by Gasteiger charge is 2.09. The summed E-state index contributed by atoms with van der Waals surface area (Å²) in [5.74, 6) is 1.13. The molecular weight excluding hydrogens is 330 g/mol. The molecule has 0 spiro atoms. The van der Waals surface area contributed by atoms with Gasteiger partial charge in [-0.25, -0.2) is 4.79 Å². The zero-order valence-corrected chi connectivity index (χ0v) is 16.2. The second-order valence-corrected chi connectivity index (χ2v) is 6.47. The van der Waals surface area contributed by atoms with Gasteiger partial charge in [-0.1, -0.05) is 12.1 Å². The number of nitrogens with zero attached hydrogens (tertiary/aromatic N) is 1. The van der Waals surface area contributed by atoms with Crippen LogP contribution in [-0.4, -0.2) is 51.8 Å². The van der Waals surface area contributed by atoms with Gasteiger partial charge >= 0.3 is 5.97 Å². The highest BCUT2D eigenvalue weighted by Crippen LogP contribution is 2.31. The Morgan fingerprint density at radius 2 is 1.46 bits per heavy atom. The summed E-state index contributed by atoms with van der Waals surface area (Å²) in [6.07, 6.45) is 0. The topological polar surface area (TPSA) is 48.0 Å². The van der Waals surface area contributed by atoms with Crippen LogP contribution in [-0.2, 0) is 9.53 Å². The summed E-state index contributed by atoms with van der Waals surface area (Å²) in [5, 5.41) is 0. The minimum Gasteiger partial charge on any atom is -0.492 e. The number of rotatable bonds is 8. The normalized spacial score (nSPS) is 10.7. The smallest absolute Gasteiger partial charge is 0.343 e. The van der Waals surface area contributed by atoms with Crippen LogP contribution in [0.3, 0.4) is 0 Å². The van der Waals surface area contributed by atoms with Gasteiger partial charge in [-0.15, -0.1) is 0 Å². The number of ether oxygens (including phenoxy) is 3. The molecule has 0 heterocycles. The van der Waals surface area contributed by atoms with E-state index in [-0.39, 0.29) is 6.61 Å². The Kier molecular flexibility index (Phi) is 7.04. The molecule has 0 bridgehead atoms. The second kappa shape index (κ2) is 9.25. The van der Waals surface area contributed by atoms with E-state index in [0.29, 0.717) is 12.4 Å². The number of esters is 1. The van der Waals surface area contributed by atoms with Crippen molar-refractivity contribution in [1.29, 1.82) is 0 Å². The quantitative estimate of drug-likeness (QED) is 0.677. The number of carbonyl (C=O) groups excluding carboxylic acids is 1. The van der Waals surface area contributed by atoms with Crippen molar-refractivity contribution in [2.45, 2.75) is 13.8 Å². The molecule has 0 aromatic heterocycles. The number of methoxy groups -OCH3 is 1. The van der Waals surface area contributed by atoms with E-state index in [1.807, 2.05) is 45.3 Å². The van der Waals surface area contributed by atoms with Gasteiger partial charge in [0.05, 0.1) is 7.11 Å². The summed E-state index contributed by atoms with van der Waals surface area (Å²) in [7, 11) is 5.40. The van der Waals surface area contributed by atoms with Crippen LogP contribution < -0.4 is 9.47 Å². The molecule has 140 valence electrons. The first-order valence-electron chi connectivity index (χ1n) is 8.59. The van der Waals surface area contributed by atoms with Crippen LogP contribution in [0.25, 0.3) is 11.1 Å². The van der Waals surface area contributed by atoms with Gasteiger partial charge in [0.2, 0.25) is 0 Å². The Bertz CT molecular complexity index is 756. The molecule has 0 N–H and O–H groups in total. The number of hydrogen-bond donors (Lipinski definition) is 0. The lowest BCUT2D eigenvalue weighted by molar-refractivity contribution is -0.142. The summed E-state index contributed by atoms with van der Waals surface area (Å²) in [6, 6.07) is 11.9. The number of hydrogen-bond acceptors (Lipinski definition) is 5. The van der Waals surface area contributed by atoms with Gasteiger partial charge in [0.1, 0.15) is 18.1 Å². The minimum atomic E-state index is -0.396. The molecule has 0 aliphatic heterocycles. The highest BCUT2D eigenvalue weighted by atomic mass is 16.6. The fourth-order valence-corrected chi connectivity index (χ4v) is 2.60. The third-order valence-corrected chi connectivity index (χ3v) is 4.08. The largest absolute Gasteiger partial charge is 0.492 e.